The summed E-state index contributed by atoms with van der Waals surface area (Å²) in [6, 6.07) is 3.79. The number of pyridine rings is 1. The molecule has 2 heterocycles. The smallest absolute Gasteiger partial charge is 0.214 e. The third-order valence-electron chi connectivity index (χ3n) is 4.86. The summed E-state index contributed by atoms with van der Waals surface area (Å²) in [7, 11) is -1.49. The Morgan fingerprint density at radius 1 is 1.38 bits per heavy atom. The number of ether oxygens (including phenoxy) is 1. The summed E-state index contributed by atoms with van der Waals surface area (Å²) >= 11 is 0. The lowest BCUT2D eigenvalue weighted by atomic mass is 9.99. The van der Waals surface area contributed by atoms with Crippen LogP contribution in [0.4, 0.5) is 0 Å². The highest BCUT2D eigenvalue weighted by Crippen LogP contribution is 2.30. The highest BCUT2D eigenvalue weighted by Gasteiger charge is 2.41. The fourth-order valence-corrected chi connectivity index (χ4v) is 5.11. The molecule has 0 amide bonds. The van der Waals surface area contributed by atoms with E-state index in [1.54, 1.807) is 13.3 Å². The second kappa shape index (κ2) is 7.37. The predicted molar refractivity (Wildman–Crippen MR) is 93.3 cm³/mol. The van der Waals surface area contributed by atoms with E-state index in [2.05, 4.69) is 21.5 Å². The molecule has 134 valence electrons. The van der Waals surface area contributed by atoms with Gasteiger partial charge >= 0.3 is 0 Å². The van der Waals surface area contributed by atoms with E-state index in [0.29, 0.717) is 5.92 Å². The molecule has 2 atom stereocenters. The average molecular weight is 353 g/mol. The molecule has 1 saturated carbocycles. The van der Waals surface area contributed by atoms with Gasteiger partial charge in [-0.3, -0.25) is 9.88 Å². The number of hydrogen-bond donors (Lipinski definition) is 1. The van der Waals surface area contributed by atoms with Crippen LogP contribution in [-0.4, -0.2) is 49.8 Å². The summed E-state index contributed by atoms with van der Waals surface area (Å²) in [5, 5.41) is -0.158. The molecule has 3 rings (SSSR count). The lowest BCUT2D eigenvalue weighted by molar-refractivity contribution is 0.307. The molecule has 1 saturated heterocycles. The minimum atomic E-state index is -3.14. The van der Waals surface area contributed by atoms with Crippen molar-refractivity contribution in [3.05, 3.63) is 24.0 Å². The highest BCUT2D eigenvalue weighted by atomic mass is 32.2. The van der Waals surface area contributed by atoms with Gasteiger partial charge in [0, 0.05) is 37.9 Å². The molecular formula is C17H27N3O3S. The van der Waals surface area contributed by atoms with Gasteiger partial charge in [-0.05, 0) is 31.2 Å². The zero-order valence-corrected chi connectivity index (χ0v) is 15.3. The SMILES string of the molecule is CCC[C@H]1CN(Cc2cc(OC)ccn2)C[C@@H]1NS(=O)(=O)C1CC1. The Kier molecular flexibility index (Phi) is 5.42. The van der Waals surface area contributed by atoms with Gasteiger partial charge in [-0.1, -0.05) is 13.3 Å². The monoisotopic (exact) mass is 353 g/mol. The predicted octanol–water partition coefficient (Wildman–Crippen LogP) is 1.77. The largest absolute Gasteiger partial charge is 0.497 e. The number of hydrogen-bond acceptors (Lipinski definition) is 5. The van der Waals surface area contributed by atoms with Gasteiger partial charge in [0.2, 0.25) is 10.0 Å². The van der Waals surface area contributed by atoms with Crippen molar-refractivity contribution in [3.8, 4) is 5.75 Å². The number of nitrogens with zero attached hydrogens (tertiary/aromatic N) is 2. The first kappa shape index (κ1) is 17.6. The van der Waals surface area contributed by atoms with Gasteiger partial charge in [-0.2, -0.15) is 0 Å². The van der Waals surface area contributed by atoms with Crippen LogP contribution in [0.2, 0.25) is 0 Å². The van der Waals surface area contributed by atoms with Crippen molar-refractivity contribution in [2.45, 2.75) is 50.4 Å². The van der Waals surface area contributed by atoms with Crippen LogP contribution in [0.25, 0.3) is 0 Å². The molecule has 0 aromatic carbocycles. The van der Waals surface area contributed by atoms with E-state index < -0.39 is 10.0 Å². The Bertz CT molecular complexity index is 661. The summed E-state index contributed by atoms with van der Waals surface area (Å²) in [6.07, 6.45) is 5.47. The van der Waals surface area contributed by atoms with Crippen molar-refractivity contribution in [3.63, 3.8) is 0 Å². The van der Waals surface area contributed by atoms with Crippen molar-refractivity contribution in [2.24, 2.45) is 5.92 Å². The second-order valence-electron chi connectivity index (χ2n) is 6.90. The van der Waals surface area contributed by atoms with Crippen LogP contribution in [-0.2, 0) is 16.6 Å². The van der Waals surface area contributed by atoms with Gasteiger partial charge in [0.15, 0.2) is 0 Å². The zero-order valence-electron chi connectivity index (χ0n) is 14.4. The van der Waals surface area contributed by atoms with E-state index in [1.165, 1.54) is 0 Å². The Morgan fingerprint density at radius 2 is 2.17 bits per heavy atom. The van der Waals surface area contributed by atoms with E-state index in [-0.39, 0.29) is 11.3 Å². The highest BCUT2D eigenvalue weighted by molar-refractivity contribution is 7.90. The van der Waals surface area contributed by atoms with Crippen LogP contribution in [0.3, 0.4) is 0 Å². The van der Waals surface area contributed by atoms with Crippen LogP contribution in [0.5, 0.6) is 5.75 Å². The quantitative estimate of drug-likeness (QED) is 0.771. The molecule has 24 heavy (non-hydrogen) atoms. The number of nitrogens with one attached hydrogen (secondary N) is 1. The molecular weight excluding hydrogens is 326 g/mol. The molecule has 1 aliphatic heterocycles. The Morgan fingerprint density at radius 3 is 2.83 bits per heavy atom. The molecule has 0 radical (unpaired) electrons. The lowest BCUT2D eigenvalue weighted by Crippen LogP contribution is -2.42. The first-order valence-electron chi connectivity index (χ1n) is 8.74. The van der Waals surface area contributed by atoms with Crippen molar-refractivity contribution in [2.75, 3.05) is 20.2 Å². The summed E-state index contributed by atoms with van der Waals surface area (Å²) in [5.74, 6) is 1.17. The van der Waals surface area contributed by atoms with E-state index in [9.17, 15) is 8.42 Å². The van der Waals surface area contributed by atoms with E-state index >= 15 is 0 Å². The maximum absolute atomic E-state index is 12.3. The minimum Gasteiger partial charge on any atom is -0.497 e. The Labute approximate surface area is 144 Å². The molecule has 1 N–H and O–H groups in total. The fraction of sp³-hybridized carbons (Fsp3) is 0.706. The van der Waals surface area contributed by atoms with E-state index in [0.717, 1.165) is 56.8 Å². The third kappa shape index (κ3) is 4.26. The first-order chi connectivity index (χ1) is 11.5. The number of sulfonamides is 1. The zero-order chi connectivity index (χ0) is 17.2. The number of methoxy groups -OCH3 is 1. The first-order valence-corrected chi connectivity index (χ1v) is 10.3. The van der Waals surface area contributed by atoms with Crippen LogP contribution in [0, 0.1) is 5.92 Å². The summed E-state index contributed by atoms with van der Waals surface area (Å²) in [5.41, 5.74) is 0.954. The third-order valence-corrected chi connectivity index (χ3v) is 6.84. The van der Waals surface area contributed by atoms with Crippen LogP contribution in [0.1, 0.15) is 38.3 Å². The number of rotatable bonds is 8. The van der Waals surface area contributed by atoms with Crippen molar-refractivity contribution < 1.29 is 13.2 Å². The lowest BCUT2D eigenvalue weighted by Gasteiger charge is -2.19. The van der Waals surface area contributed by atoms with Crippen molar-refractivity contribution in [1.82, 2.24) is 14.6 Å². The van der Waals surface area contributed by atoms with Crippen LogP contribution < -0.4 is 9.46 Å². The fourth-order valence-electron chi connectivity index (χ4n) is 3.47. The Balaban J connectivity index is 1.65. The van der Waals surface area contributed by atoms with E-state index in [1.807, 2.05) is 12.1 Å². The molecule has 1 aromatic heterocycles. The maximum atomic E-state index is 12.3. The molecule has 0 unspecified atom stereocenters. The molecule has 0 bridgehead atoms. The van der Waals surface area contributed by atoms with Gasteiger partial charge in [-0.25, -0.2) is 13.1 Å². The average Bonchev–Trinajstić information content (AvgIpc) is 3.34. The molecule has 0 spiro atoms. The van der Waals surface area contributed by atoms with Crippen molar-refractivity contribution in [1.29, 1.82) is 0 Å². The van der Waals surface area contributed by atoms with Gasteiger partial charge in [-0.15, -0.1) is 0 Å². The van der Waals surface area contributed by atoms with Gasteiger partial charge in [0.25, 0.3) is 0 Å². The minimum absolute atomic E-state index is 0.0150. The molecule has 1 aromatic rings. The molecule has 2 aliphatic rings. The molecule has 7 heteroatoms. The molecule has 1 aliphatic carbocycles. The summed E-state index contributed by atoms with van der Waals surface area (Å²) in [6.45, 7) is 4.53. The number of aromatic nitrogens is 1. The van der Waals surface area contributed by atoms with Crippen molar-refractivity contribution >= 4 is 10.0 Å². The number of likely N-dealkylation sites (tertiary alicyclic amines) is 1. The summed E-state index contributed by atoms with van der Waals surface area (Å²) < 4.78 is 32.8. The van der Waals surface area contributed by atoms with Gasteiger partial charge < -0.3 is 4.74 Å². The second-order valence-corrected chi connectivity index (χ2v) is 8.89. The van der Waals surface area contributed by atoms with Crippen LogP contribution in [0.15, 0.2) is 18.3 Å². The van der Waals surface area contributed by atoms with Gasteiger partial charge in [0.1, 0.15) is 5.75 Å². The summed E-state index contributed by atoms with van der Waals surface area (Å²) in [4.78, 5) is 6.69. The molecule has 6 nitrogen and oxygen atoms in total. The maximum Gasteiger partial charge on any atom is 0.214 e. The normalized spacial score (nSPS) is 25.1. The Hall–Kier alpha value is -1.18. The van der Waals surface area contributed by atoms with Gasteiger partial charge in [0.05, 0.1) is 18.1 Å². The van der Waals surface area contributed by atoms with E-state index in [4.69, 9.17) is 4.74 Å². The van der Waals surface area contributed by atoms with Crippen LogP contribution >= 0.6 is 0 Å². The topological polar surface area (TPSA) is 71.5 Å². The standard InChI is InChI=1S/C17H27N3O3S/c1-3-4-13-10-20(11-14-9-15(23-2)7-8-18-14)12-17(13)19-24(21,22)16-5-6-16/h7-9,13,16-17,19H,3-6,10-12H2,1-2H3/t13-,17-/m0/s1. The molecule has 2 fully saturated rings.